The number of hydrogen-bond donors (Lipinski definition) is 0. The van der Waals surface area contributed by atoms with E-state index in [1.807, 2.05) is 102 Å². The molecule has 0 N–H and O–H groups in total. The summed E-state index contributed by atoms with van der Waals surface area (Å²) >= 11 is 1.75. The Labute approximate surface area is 429 Å². The van der Waals surface area contributed by atoms with Crippen LogP contribution in [0.1, 0.15) is 56.7 Å². The first-order valence-corrected chi connectivity index (χ1v) is 24.9. The molecule has 2 aliphatic carbocycles. The lowest BCUT2D eigenvalue weighted by Crippen LogP contribution is -2.28. The van der Waals surface area contributed by atoms with Gasteiger partial charge in [-0.2, -0.15) is 0 Å². The van der Waals surface area contributed by atoms with E-state index in [2.05, 4.69) is 127 Å². The van der Waals surface area contributed by atoms with Gasteiger partial charge in [-0.3, -0.25) is 0 Å². The predicted octanol–water partition coefficient (Wildman–Crippen LogP) is 19.0. The Balaban J connectivity index is 0.962. The van der Waals surface area contributed by atoms with Crippen molar-refractivity contribution in [2.75, 3.05) is 4.90 Å². The minimum atomic E-state index is -1.52. The maximum atomic E-state index is 10.0. The molecule has 14 rings (SSSR count). The van der Waals surface area contributed by atoms with E-state index >= 15 is 0 Å². The lowest BCUT2D eigenvalue weighted by Gasteiger charge is -2.35. The van der Waals surface area contributed by atoms with E-state index in [0.717, 1.165) is 70.8 Å². The molecule has 334 valence electrons. The summed E-state index contributed by atoms with van der Waals surface area (Å²) in [4.78, 5) is 1.81. The Hall–Kier alpha value is -8.56. The molecular formula is C69H47NS. The fourth-order valence-electron chi connectivity index (χ4n) is 11.3. The third-order valence-corrected chi connectivity index (χ3v) is 15.7. The van der Waals surface area contributed by atoms with Gasteiger partial charge in [-0.1, -0.05) is 218 Å². The maximum absolute atomic E-state index is 10.0. The van der Waals surface area contributed by atoms with Crippen LogP contribution in [0.25, 0.3) is 69.5 Å². The van der Waals surface area contributed by atoms with Crippen molar-refractivity contribution in [2.45, 2.75) is 17.7 Å². The number of hydrogen-bond acceptors (Lipinski definition) is 2. The summed E-state index contributed by atoms with van der Waals surface area (Å²) in [6, 6.07) is 73.5. The quantitative estimate of drug-likeness (QED) is 0.137. The normalized spacial score (nSPS) is 17.7. The van der Waals surface area contributed by atoms with Crippen LogP contribution >= 0.6 is 11.3 Å². The summed E-state index contributed by atoms with van der Waals surface area (Å²) < 4.78 is 80.7. The van der Waals surface area contributed by atoms with E-state index in [1.165, 1.54) is 15.5 Å². The molecule has 71 heavy (non-hydrogen) atoms. The zero-order valence-electron chi connectivity index (χ0n) is 46.4. The second-order valence-electron chi connectivity index (χ2n) is 18.3. The smallest absolute Gasteiger partial charge is 0.0714 e. The van der Waals surface area contributed by atoms with E-state index in [-0.39, 0.29) is 47.1 Å². The highest BCUT2D eigenvalue weighted by atomic mass is 32.1. The van der Waals surface area contributed by atoms with E-state index in [0.29, 0.717) is 16.9 Å². The molecule has 0 saturated heterocycles. The SMILES string of the molecule is [2H]C1=C([2H])C(c2c([2H])c([2H])c(N(c3ccc(-c4cccc5c4sc4ccccc45)cc3)c3ccc4c(c3)C(c3ccccc3)(c3ccccc3)c3ccccc3-4)c([2H])c2[2H])C([2H])C([2H])=C1c1cc2ccccc2c2ccccc12. The molecule has 0 bridgehead atoms. The fourth-order valence-corrected chi connectivity index (χ4v) is 12.5. The van der Waals surface area contributed by atoms with Crippen molar-refractivity contribution in [3.05, 3.63) is 300 Å². The molecule has 0 radical (unpaired) electrons. The molecule has 0 aliphatic heterocycles. The second-order valence-corrected chi connectivity index (χ2v) is 19.4. The van der Waals surface area contributed by atoms with E-state index in [1.54, 1.807) is 11.3 Å². The standard InChI is InChI=1S/C69H47NS/c1-3-17-51(18-4-1)69(52-19-5-2-6-20-52)65-28-13-11-24-60(65)61-43-42-55(45-66(61)69)70(54-40-36-48(37-41-54)57-26-15-27-63-62-25-12-14-29-67(62)71-68(57)63)53-38-34-47(35-39-53)46-30-32-49(33-31-46)64-44-50-16-7-8-21-56(50)58-22-9-10-23-59(58)64/h1-30,32-46H,31H2/i30D,31D,32D,33D,34D,35D,38D,39D. The zero-order valence-corrected chi connectivity index (χ0v) is 39.2. The Morgan fingerprint density at radius 3 is 1.87 bits per heavy atom. The number of fused-ring (bicyclic) bond motifs is 9. The molecule has 2 heteroatoms. The first-order valence-electron chi connectivity index (χ1n) is 28.1. The van der Waals surface area contributed by atoms with Gasteiger partial charge in [0.25, 0.3) is 0 Å². The highest BCUT2D eigenvalue weighted by Gasteiger charge is 2.46. The number of allylic oxidation sites excluding steroid dienone is 4. The van der Waals surface area contributed by atoms with Gasteiger partial charge < -0.3 is 4.90 Å². The van der Waals surface area contributed by atoms with Gasteiger partial charge in [0.1, 0.15) is 0 Å². The molecule has 2 aliphatic rings. The molecule has 12 aromatic rings. The highest BCUT2D eigenvalue weighted by Crippen LogP contribution is 2.57. The monoisotopic (exact) mass is 929 g/mol. The Morgan fingerprint density at radius 1 is 0.465 bits per heavy atom. The lowest BCUT2D eigenvalue weighted by molar-refractivity contribution is 0.768. The summed E-state index contributed by atoms with van der Waals surface area (Å²) in [6.45, 7) is 0. The average Bonchev–Trinajstić information content (AvgIpc) is 3.93. The first-order chi connectivity index (χ1) is 38.6. The highest BCUT2D eigenvalue weighted by molar-refractivity contribution is 7.26. The Kier molecular flexibility index (Phi) is 8.03. The molecule has 0 fully saturated rings. The summed E-state index contributed by atoms with van der Waals surface area (Å²) in [7, 11) is 0. The maximum Gasteiger partial charge on any atom is 0.0714 e. The lowest BCUT2D eigenvalue weighted by atomic mass is 9.67. The number of nitrogens with zero attached hydrogens (tertiary/aromatic N) is 1. The average molecular weight is 930 g/mol. The van der Waals surface area contributed by atoms with Gasteiger partial charge in [0, 0.05) is 44.5 Å². The predicted molar refractivity (Wildman–Crippen MR) is 303 cm³/mol. The van der Waals surface area contributed by atoms with Crippen molar-refractivity contribution < 1.29 is 11.0 Å². The molecule has 1 heterocycles. The van der Waals surface area contributed by atoms with E-state index in [4.69, 9.17) is 0 Å². The van der Waals surface area contributed by atoms with Crippen LogP contribution in [0.3, 0.4) is 0 Å². The van der Waals surface area contributed by atoms with Crippen LogP contribution in [0.5, 0.6) is 0 Å². The van der Waals surface area contributed by atoms with Gasteiger partial charge in [0.2, 0.25) is 0 Å². The third-order valence-electron chi connectivity index (χ3n) is 14.5. The summed E-state index contributed by atoms with van der Waals surface area (Å²) in [5.41, 5.74) is 9.31. The molecule has 11 aromatic carbocycles. The van der Waals surface area contributed by atoms with Crippen LogP contribution in [-0.4, -0.2) is 0 Å². The summed E-state index contributed by atoms with van der Waals surface area (Å²) in [5.74, 6) is -1.43. The molecule has 2 unspecified atom stereocenters. The van der Waals surface area contributed by atoms with Crippen LogP contribution in [0.4, 0.5) is 17.1 Å². The van der Waals surface area contributed by atoms with Gasteiger partial charge in [-0.15, -0.1) is 11.3 Å². The second kappa shape index (κ2) is 16.8. The van der Waals surface area contributed by atoms with Gasteiger partial charge in [-0.25, -0.2) is 0 Å². The van der Waals surface area contributed by atoms with E-state index in [9.17, 15) is 11.0 Å². The fraction of sp³-hybridized carbons (Fsp3) is 0.0435. The van der Waals surface area contributed by atoms with Gasteiger partial charge in [0.05, 0.1) is 15.0 Å². The van der Waals surface area contributed by atoms with Crippen molar-refractivity contribution in [3.63, 3.8) is 0 Å². The first kappa shape index (κ1) is 33.9. The van der Waals surface area contributed by atoms with Gasteiger partial charge >= 0.3 is 0 Å². The number of rotatable bonds is 8. The zero-order chi connectivity index (χ0) is 53.8. The number of benzene rings is 11. The van der Waals surface area contributed by atoms with Crippen LogP contribution in [0.15, 0.2) is 267 Å². The van der Waals surface area contributed by atoms with Crippen molar-refractivity contribution >= 4 is 75.7 Å². The molecule has 0 saturated carbocycles. The minimum absolute atomic E-state index is 0.0116. The molecule has 1 aromatic heterocycles. The molecule has 2 atom stereocenters. The minimum Gasteiger partial charge on any atom is -0.310 e. The van der Waals surface area contributed by atoms with Gasteiger partial charge in [-0.05, 0) is 138 Å². The van der Waals surface area contributed by atoms with Crippen molar-refractivity contribution in [1.82, 2.24) is 0 Å². The molecule has 1 nitrogen and oxygen atoms in total. The number of thiophene rings is 1. The largest absolute Gasteiger partial charge is 0.310 e. The van der Waals surface area contributed by atoms with Crippen LogP contribution < -0.4 is 4.90 Å². The summed E-state index contributed by atoms with van der Waals surface area (Å²) in [5, 5.41) is 5.96. The van der Waals surface area contributed by atoms with Crippen molar-refractivity contribution in [2.24, 2.45) is 0 Å². The Bertz CT molecular complexity index is 4480. The van der Waals surface area contributed by atoms with Crippen molar-refractivity contribution in [3.8, 4) is 22.3 Å². The van der Waals surface area contributed by atoms with Crippen LogP contribution in [0.2, 0.25) is 0 Å². The van der Waals surface area contributed by atoms with E-state index < -0.39 is 29.8 Å². The molecule has 0 amide bonds. The Morgan fingerprint density at radius 2 is 1.08 bits per heavy atom. The van der Waals surface area contributed by atoms with Crippen LogP contribution in [0, 0.1) is 0 Å². The van der Waals surface area contributed by atoms with Crippen molar-refractivity contribution in [1.29, 1.82) is 0 Å². The van der Waals surface area contributed by atoms with Gasteiger partial charge in [0.15, 0.2) is 0 Å². The topological polar surface area (TPSA) is 3.24 Å². The summed E-state index contributed by atoms with van der Waals surface area (Å²) in [6.07, 6.45) is -1.52. The van der Waals surface area contributed by atoms with Crippen LogP contribution in [-0.2, 0) is 5.41 Å². The molecule has 0 spiro atoms. The number of anilines is 3. The molecular weight excluding hydrogens is 875 g/mol. The third kappa shape index (κ3) is 6.67.